The van der Waals surface area contributed by atoms with Crippen LogP contribution < -0.4 is 0 Å². The third-order valence-corrected chi connectivity index (χ3v) is 4.13. The van der Waals surface area contributed by atoms with Gasteiger partial charge in [-0.3, -0.25) is 0 Å². The quantitative estimate of drug-likeness (QED) is 0.729. The van der Waals surface area contributed by atoms with E-state index in [-0.39, 0.29) is 18.3 Å². The van der Waals surface area contributed by atoms with E-state index in [0.717, 1.165) is 0 Å². The molecule has 7 heteroatoms. The van der Waals surface area contributed by atoms with Crippen LogP contribution in [-0.4, -0.2) is 54.7 Å². The van der Waals surface area contributed by atoms with Crippen molar-refractivity contribution in [3.63, 3.8) is 0 Å². The second kappa shape index (κ2) is 7.07. The standard InChI is InChI=1S/C18H28O7/c1-7-22-15(19)14-8-12(25-18(14,5)21-6)9-17(4,20)10-13-11-23-16(2,3)24-13/h8-9,13,20H,7,10-11H2,1-6H3/t13-,17-,18?/m0/s1. The molecule has 0 aliphatic carbocycles. The van der Waals surface area contributed by atoms with Gasteiger partial charge in [0.2, 0.25) is 5.79 Å². The van der Waals surface area contributed by atoms with E-state index in [9.17, 15) is 9.90 Å². The Hall–Kier alpha value is -1.41. The van der Waals surface area contributed by atoms with Gasteiger partial charge in [-0.25, -0.2) is 4.79 Å². The van der Waals surface area contributed by atoms with Crippen molar-refractivity contribution in [2.24, 2.45) is 0 Å². The molecule has 0 aromatic rings. The topological polar surface area (TPSA) is 83.5 Å². The van der Waals surface area contributed by atoms with Gasteiger partial charge in [0, 0.05) is 20.5 Å². The van der Waals surface area contributed by atoms with Crippen LogP contribution in [0.5, 0.6) is 0 Å². The van der Waals surface area contributed by atoms with Gasteiger partial charge in [-0.05, 0) is 39.8 Å². The van der Waals surface area contributed by atoms with Gasteiger partial charge in [0.1, 0.15) is 11.3 Å². The van der Waals surface area contributed by atoms with Crippen LogP contribution in [0.25, 0.3) is 0 Å². The molecule has 0 bridgehead atoms. The molecule has 2 aliphatic heterocycles. The first-order chi connectivity index (χ1) is 11.5. The van der Waals surface area contributed by atoms with Crippen molar-refractivity contribution in [2.75, 3.05) is 20.3 Å². The molecule has 0 spiro atoms. The number of hydrogen-bond donors (Lipinski definition) is 1. The Kier molecular flexibility index (Phi) is 5.63. The molecule has 0 saturated carbocycles. The van der Waals surface area contributed by atoms with Crippen molar-refractivity contribution in [1.29, 1.82) is 0 Å². The Bertz CT molecular complexity index is 576. The highest BCUT2D eigenvalue weighted by atomic mass is 16.7. The largest absolute Gasteiger partial charge is 0.462 e. The smallest absolute Gasteiger partial charge is 0.340 e. The van der Waals surface area contributed by atoms with Gasteiger partial charge >= 0.3 is 5.97 Å². The molecular formula is C18H28O7. The fourth-order valence-electron chi connectivity index (χ4n) is 2.95. The van der Waals surface area contributed by atoms with E-state index in [1.807, 2.05) is 13.8 Å². The zero-order valence-corrected chi connectivity index (χ0v) is 15.8. The van der Waals surface area contributed by atoms with Crippen LogP contribution in [0, 0.1) is 0 Å². The van der Waals surface area contributed by atoms with E-state index in [2.05, 4.69) is 0 Å². The number of esters is 1. The molecule has 1 saturated heterocycles. The Morgan fingerprint density at radius 2 is 2.16 bits per heavy atom. The Morgan fingerprint density at radius 1 is 1.48 bits per heavy atom. The van der Waals surface area contributed by atoms with E-state index < -0.39 is 23.1 Å². The molecule has 3 atom stereocenters. The molecule has 142 valence electrons. The predicted molar refractivity (Wildman–Crippen MR) is 89.4 cm³/mol. The van der Waals surface area contributed by atoms with Crippen molar-refractivity contribution in [3.8, 4) is 0 Å². The average molecular weight is 356 g/mol. The zero-order valence-electron chi connectivity index (χ0n) is 15.8. The lowest BCUT2D eigenvalue weighted by Crippen LogP contribution is -2.34. The molecule has 1 unspecified atom stereocenters. The van der Waals surface area contributed by atoms with Gasteiger partial charge < -0.3 is 28.8 Å². The summed E-state index contributed by atoms with van der Waals surface area (Å²) in [5.41, 5.74) is -0.959. The lowest BCUT2D eigenvalue weighted by molar-refractivity contribution is -0.163. The van der Waals surface area contributed by atoms with E-state index in [4.69, 9.17) is 23.7 Å². The van der Waals surface area contributed by atoms with Crippen molar-refractivity contribution < 1.29 is 33.6 Å². The molecule has 7 nitrogen and oxygen atoms in total. The zero-order chi connectivity index (χ0) is 18.9. The highest BCUT2D eigenvalue weighted by Crippen LogP contribution is 2.36. The van der Waals surface area contributed by atoms with Gasteiger partial charge in [0.15, 0.2) is 5.79 Å². The normalized spacial score (nSPS) is 32.2. The van der Waals surface area contributed by atoms with Gasteiger partial charge in [-0.2, -0.15) is 0 Å². The van der Waals surface area contributed by atoms with Gasteiger partial charge in [-0.1, -0.05) is 0 Å². The molecule has 2 aliphatic rings. The summed E-state index contributed by atoms with van der Waals surface area (Å²) in [5.74, 6) is -2.06. The Morgan fingerprint density at radius 3 is 2.68 bits per heavy atom. The number of aliphatic hydroxyl groups is 1. The van der Waals surface area contributed by atoms with Gasteiger partial charge in [0.05, 0.1) is 24.9 Å². The van der Waals surface area contributed by atoms with Gasteiger partial charge in [0.25, 0.3) is 0 Å². The van der Waals surface area contributed by atoms with E-state index in [1.54, 1.807) is 26.8 Å². The number of allylic oxidation sites excluding steroid dienone is 1. The minimum absolute atomic E-state index is 0.231. The number of ether oxygens (including phenoxy) is 5. The van der Waals surface area contributed by atoms with Crippen molar-refractivity contribution in [1.82, 2.24) is 0 Å². The van der Waals surface area contributed by atoms with Crippen LogP contribution in [-0.2, 0) is 28.5 Å². The van der Waals surface area contributed by atoms with E-state index >= 15 is 0 Å². The third-order valence-electron chi connectivity index (χ3n) is 4.13. The van der Waals surface area contributed by atoms with Crippen molar-refractivity contribution >= 4 is 5.97 Å². The van der Waals surface area contributed by atoms with E-state index in [1.165, 1.54) is 13.2 Å². The van der Waals surface area contributed by atoms with Crippen molar-refractivity contribution in [2.45, 2.75) is 64.3 Å². The molecular weight excluding hydrogens is 328 g/mol. The first kappa shape index (κ1) is 19.9. The maximum absolute atomic E-state index is 12.1. The highest BCUT2D eigenvalue weighted by molar-refractivity contribution is 5.91. The van der Waals surface area contributed by atoms with Crippen LogP contribution in [0.1, 0.15) is 41.0 Å². The lowest BCUT2D eigenvalue weighted by atomic mass is 9.97. The third kappa shape index (κ3) is 4.82. The second-order valence-electron chi connectivity index (χ2n) is 7.09. The summed E-state index contributed by atoms with van der Waals surface area (Å²) in [7, 11) is 1.44. The van der Waals surface area contributed by atoms with Crippen LogP contribution in [0.3, 0.4) is 0 Å². The first-order valence-electron chi connectivity index (χ1n) is 8.41. The molecule has 25 heavy (non-hydrogen) atoms. The molecule has 1 N–H and O–H groups in total. The number of methoxy groups -OCH3 is 1. The summed E-state index contributed by atoms with van der Waals surface area (Å²) in [6.45, 7) is 9.33. The summed E-state index contributed by atoms with van der Waals surface area (Å²) in [6, 6.07) is 0. The lowest BCUT2D eigenvalue weighted by Gasteiger charge is -2.26. The summed E-state index contributed by atoms with van der Waals surface area (Å²) in [6.07, 6.45) is 3.18. The Labute approximate surface area is 148 Å². The number of carbonyl (C=O) groups is 1. The maximum Gasteiger partial charge on any atom is 0.340 e. The summed E-state index contributed by atoms with van der Waals surface area (Å²) >= 11 is 0. The molecule has 0 aromatic carbocycles. The average Bonchev–Trinajstić information content (AvgIpc) is 2.98. The summed E-state index contributed by atoms with van der Waals surface area (Å²) in [5, 5.41) is 10.7. The van der Waals surface area contributed by atoms with Gasteiger partial charge in [-0.15, -0.1) is 0 Å². The van der Waals surface area contributed by atoms with Crippen LogP contribution in [0.4, 0.5) is 0 Å². The molecule has 2 rings (SSSR count). The monoisotopic (exact) mass is 356 g/mol. The minimum Gasteiger partial charge on any atom is -0.462 e. The fraction of sp³-hybridized carbons (Fsp3) is 0.722. The molecule has 0 aromatic heterocycles. The number of hydrogen-bond acceptors (Lipinski definition) is 7. The number of carbonyl (C=O) groups excluding carboxylic acids is 1. The van der Waals surface area contributed by atoms with Crippen LogP contribution in [0.15, 0.2) is 23.5 Å². The molecule has 0 radical (unpaired) electrons. The second-order valence-corrected chi connectivity index (χ2v) is 7.09. The minimum atomic E-state index is -1.25. The molecule has 1 fully saturated rings. The van der Waals surface area contributed by atoms with Crippen LogP contribution >= 0.6 is 0 Å². The maximum atomic E-state index is 12.1. The summed E-state index contributed by atoms with van der Waals surface area (Å²) < 4.78 is 27.3. The predicted octanol–water partition coefficient (Wildman–Crippen LogP) is 2.05. The van der Waals surface area contributed by atoms with Crippen LogP contribution in [0.2, 0.25) is 0 Å². The molecule has 0 amide bonds. The fourth-order valence-corrected chi connectivity index (χ4v) is 2.95. The van der Waals surface area contributed by atoms with E-state index in [0.29, 0.717) is 18.8 Å². The SMILES string of the molecule is CCOC(=O)C1=CC(=C[C@](C)(O)C[C@H]2COC(C)(C)O2)OC1(C)OC. The highest BCUT2D eigenvalue weighted by Gasteiger charge is 2.43. The van der Waals surface area contributed by atoms with Crippen molar-refractivity contribution in [3.05, 3.63) is 23.5 Å². The first-order valence-corrected chi connectivity index (χ1v) is 8.41. The summed E-state index contributed by atoms with van der Waals surface area (Å²) in [4.78, 5) is 12.1. The number of rotatable bonds is 6. The Balaban J connectivity index is 2.15. The molecule has 2 heterocycles.